The molecule has 2 aromatic rings. The number of amides is 1. The van der Waals surface area contributed by atoms with Crippen LogP contribution in [-0.4, -0.2) is 50.1 Å². The SMILES string of the molecule is CCC(=O)N1CCN(c2cc(C)nc3ncnn23)C1. The van der Waals surface area contributed by atoms with E-state index in [-0.39, 0.29) is 5.91 Å². The molecule has 0 aromatic carbocycles. The first kappa shape index (κ1) is 11.9. The Morgan fingerprint density at radius 2 is 2.26 bits per heavy atom. The van der Waals surface area contributed by atoms with Gasteiger partial charge in [0, 0.05) is 31.3 Å². The van der Waals surface area contributed by atoms with Crippen LogP contribution < -0.4 is 4.90 Å². The predicted molar refractivity (Wildman–Crippen MR) is 69.7 cm³/mol. The van der Waals surface area contributed by atoms with Crippen molar-refractivity contribution >= 4 is 17.5 Å². The fraction of sp³-hybridized carbons (Fsp3) is 0.500. The number of aryl methyl sites for hydroxylation is 1. The summed E-state index contributed by atoms with van der Waals surface area (Å²) in [5, 5.41) is 4.19. The largest absolute Gasteiger partial charge is 0.337 e. The van der Waals surface area contributed by atoms with Crippen molar-refractivity contribution in [2.24, 2.45) is 0 Å². The zero-order chi connectivity index (χ0) is 13.4. The van der Waals surface area contributed by atoms with Crippen molar-refractivity contribution in [3.05, 3.63) is 18.1 Å². The van der Waals surface area contributed by atoms with Gasteiger partial charge in [0.15, 0.2) is 0 Å². The molecule has 0 aliphatic carbocycles. The molecule has 0 atom stereocenters. The molecule has 7 heteroatoms. The van der Waals surface area contributed by atoms with E-state index in [2.05, 4.69) is 20.0 Å². The highest BCUT2D eigenvalue weighted by molar-refractivity contribution is 5.76. The van der Waals surface area contributed by atoms with Crippen molar-refractivity contribution in [1.29, 1.82) is 0 Å². The average Bonchev–Trinajstić information content (AvgIpc) is 3.05. The topological polar surface area (TPSA) is 66.6 Å². The number of fused-ring (bicyclic) bond motifs is 1. The fourth-order valence-electron chi connectivity index (χ4n) is 2.34. The second-order valence-electron chi connectivity index (χ2n) is 4.64. The summed E-state index contributed by atoms with van der Waals surface area (Å²) in [5.41, 5.74) is 0.899. The highest BCUT2D eigenvalue weighted by Crippen LogP contribution is 2.19. The van der Waals surface area contributed by atoms with Gasteiger partial charge in [0.05, 0.1) is 6.67 Å². The molecular formula is C12H16N6O. The molecule has 1 saturated heterocycles. The van der Waals surface area contributed by atoms with Gasteiger partial charge in [0.2, 0.25) is 5.91 Å². The number of anilines is 1. The fourth-order valence-corrected chi connectivity index (χ4v) is 2.34. The smallest absolute Gasteiger partial charge is 0.254 e. The molecule has 19 heavy (non-hydrogen) atoms. The summed E-state index contributed by atoms with van der Waals surface area (Å²) in [5.74, 6) is 1.71. The minimum Gasteiger partial charge on any atom is -0.337 e. The van der Waals surface area contributed by atoms with Gasteiger partial charge < -0.3 is 9.80 Å². The highest BCUT2D eigenvalue weighted by Gasteiger charge is 2.25. The second kappa shape index (κ2) is 4.49. The number of hydrogen-bond donors (Lipinski definition) is 0. The van der Waals surface area contributed by atoms with Crippen LogP contribution in [0, 0.1) is 6.92 Å². The van der Waals surface area contributed by atoms with Crippen LogP contribution in [0.3, 0.4) is 0 Å². The molecule has 0 spiro atoms. The number of carbonyl (C=O) groups is 1. The van der Waals surface area contributed by atoms with Gasteiger partial charge in [-0.2, -0.15) is 14.6 Å². The molecule has 0 bridgehead atoms. The quantitative estimate of drug-likeness (QED) is 0.784. The Morgan fingerprint density at radius 3 is 3.05 bits per heavy atom. The van der Waals surface area contributed by atoms with E-state index in [1.165, 1.54) is 6.33 Å². The molecule has 3 heterocycles. The van der Waals surface area contributed by atoms with Gasteiger partial charge >= 0.3 is 0 Å². The van der Waals surface area contributed by atoms with Crippen LogP contribution in [0.1, 0.15) is 19.0 Å². The molecule has 0 unspecified atom stereocenters. The van der Waals surface area contributed by atoms with E-state index in [9.17, 15) is 4.79 Å². The van der Waals surface area contributed by atoms with Crippen LogP contribution in [0.5, 0.6) is 0 Å². The summed E-state index contributed by atoms with van der Waals surface area (Å²) in [7, 11) is 0. The third-order valence-corrected chi connectivity index (χ3v) is 3.32. The Morgan fingerprint density at radius 1 is 1.42 bits per heavy atom. The Labute approximate surface area is 110 Å². The summed E-state index contributed by atoms with van der Waals surface area (Å²) >= 11 is 0. The lowest BCUT2D eigenvalue weighted by Crippen LogP contribution is -2.31. The standard InChI is InChI=1S/C12H16N6O/c1-3-11(19)17-5-4-16(8-17)10-6-9(2)15-12-13-7-14-18(10)12/h6-7H,3-5,8H2,1-2H3. The number of nitrogens with zero attached hydrogens (tertiary/aromatic N) is 6. The van der Waals surface area contributed by atoms with Gasteiger partial charge in [0.25, 0.3) is 5.78 Å². The summed E-state index contributed by atoms with van der Waals surface area (Å²) in [6, 6.07) is 1.97. The van der Waals surface area contributed by atoms with Crippen molar-refractivity contribution < 1.29 is 4.79 Å². The Hall–Kier alpha value is -2.18. The predicted octanol–water partition coefficient (Wildman–Crippen LogP) is 0.449. The van der Waals surface area contributed by atoms with Crippen LogP contribution in [0.2, 0.25) is 0 Å². The summed E-state index contributed by atoms with van der Waals surface area (Å²) in [6.07, 6.45) is 2.04. The van der Waals surface area contributed by atoms with Crippen molar-refractivity contribution in [2.75, 3.05) is 24.7 Å². The molecule has 0 radical (unpaired) electrons. The molecule has 2 aromatic heterocycles. The number of hydrogen-bond acceptors (Lipinski definition) is 5. The molecule has 0 N–H and O–H groups in total. The van der Waals surface area contributed by atoms with Crippen LogP contribution in [-0.2, 0) is 4.79 Å². The molecule has 1 aliphatic heterocycles. The maximum absolute atomic E-state index is 11.7. The van der Waals surface area contributed by atoms with E-state index in [1.54, 1.807) is 4.52 Å². The number of rotatable bonds is 2. The maximum Gasteiger partial charge on any atom is 0.254 e. The second-order valence-corrected chi connectivity index (χ2v) is 4.64. The molecule has 1 fully saturated rings. The first-order valence-electron chi connectivity index (χ1n) is 6.39. The molecule has 3 rings (SSSR count). The minimum absolute atomic E-state index is 0.183. The Balaban J connectivity index is 1.93. The van der Waals surface area contributed by atoms with E-state index in [1.807, 2.05) is 24.8 Å². The molecule has 7 nitrogen and oxygen atoms in total. The van der Waals surface area contributed by atoms with Crippen LogP contribution in [0.25, 0.3) is 5.78 Å². The third kappa shape index (κ3) is 2.00. The molecule has 1 amide bonds. The van der Waals surface area contributed by atoms with Gasteiger partial charge in [-0.3, -0.25) is 4.79 Å². The molecule has 0 saturated carbocycles. The van der Waals surface area contributed by atoms with Crippen molar-refractivity contribution in [1.82, 2.24) is 24.5 Å². The minimum atomic E-state index is 0.183. The first-order chi connectivity index (χ1) is 9.19. The van der Waals surface area contributed by atoms with Gasteiger partial charge in [-0.05, 0) is 6.92 Å². The summed E-state index contributed by atoms with van der Waals surface area (Å²) in [6.45, 7) is 5.99. The highest BCUT2D eigenvalue weighted by atomic mass is 16.2. The third-order valence-electron chi connectivity index (χ3n) is 3.32. The van der Waals surface area contributed by atoms with Crippen molar-refractivity contribution in [3.8, 4) is 0 Å². The molecule has 1 aliphatic rings. The van der Waals surface area contributed by atoms with Gasteiger partial charge in [-0.1, -0.05) is 6.92 Å². The van der Waals surface area contributed by atoms with Crippen molar-refractivity contribution in [2.45, 2.75) is 20.3 Å². The number of aromatic nitrogens is 4. The summed E-state index contributed by atoms with van der Waals surface area (Å²) < 4.78 is 1.72. The van der Waals surface area contributed by atoms with Gasteiger partial charge in [0.1, 0.15) is 12.1 Å². The maximum atomic E-state index is 11.7. The van der Waals surface area contributed by atoms with Crippen LogP contribution in [0.4, 0.5) is 5.82 Å². The lowest BCUT2D eigenvalue weighted by atomic mass is 10.4. The lowest BCUT2D eigenvalue weighted by molar-refractivity contribution is -0.129. The van der Waals surface area contributed by atoms with Gasteiger partial charge in [-0.25, -0.2) is 4.98 Å². The normalized spacial score (nSPS) is 15.5. The summed E-state index contributed by atoms with van der Waals surface area (Å²) in [4.78, 5) is 24.1. The van der Waals surface area contributed by atoms with Crippen LogP contribution >= 0.6 is 0 Å². The van der Waals surface area contributed by atoms with E-state index >= 15 is 0 Å². The zero-order valence-corrected chi connectivity index (χ0v) is 11.1. The zero-order valence-electron chi connectivity index (χ0n) is 11.1. The Bertz CT molecular complexity index is 622. The number of carbonyl (C=O) groups excluding carboxylic acids is 1. The van der Waals surface area contributed by atoms with E-state index < -0.39 is 0 Å². The van der Waals surface area contributed by atoms with Crippen molar-refractivity contribution in [3.63, 3.8) is 0 Å². The monoisotopic (exact) mass is 260 g/mol. The van der Waals surface area contributed by atoms with E-state index in [0.29, 0.717) is 18.9 Å². The average molecular weight is 260 g/mol. The van der Waals surface area contributed by atoms with Gasteiger partial charge in [-0.15, -0.1) is 0 Å². The lowest BCUT2D eigenvalue weighted by Gasteiger charge is -2.20. The van der Waals surface area contributed by atoms with Crippen LogP contribution in [0.15, 0.2) is 12.4 Å². The van der Waals surface area contributed by atoms with E-state index in [0.717, 1.165) is 24.6 Å². The Kier molecular flexibility index (Phi) is 2.81. The van der Waals surface area contributed by atoms with E-state index in [4.69, 9.17) is 0 Å². The molecular weight excluding hydrogens is 244 g/mol. The molecule has 100 valence electrons. The first-order valence-corrected chi connectivity index (χ1v) is 6.39.